The van der Waals surface area contributed by atoms with Gasteiger partial charge in [-0.15, -0.1) is 11.3 Å². The van der Waals surface area contributed by atoms with Crippen LogP contribution in [0, 0.1) is 0 Å². The van der Waals surface area contributed by atoms with Gasteiger partial charge in [-0.3, -0.25) is 9.59 Å². The van der Waals surface area contributed by atoms with E-state index in [1.807, 2.05) is 48.5 Å². The van der Waals surface area contributed by atoms with E-state index in [0.717, 1.165) is 54.4 Å². The van der Waals surface area contributed by atoms with Crippen LogP contribution in [0.3, 0.4) is 0 Å². The molecule has 1 saturated heterocycles. The maximum atomic E-state index is 14.6. The Bertz CT molecular complexity index is 2800. The third-order valence-electron chi connectivity index (χ3n) is 11.8. The van der Waals surface area contributed by atoms with Crippen LogP contribution in [0.5, 0.6) is 0 Å². The van der Waals surface area contributed by atoms with Gasteiger partial charge in [0.05, 0.1) is 10.9 Å². The first-order chi connectivity index (χ1) is 31.7. The van der Waals surface area contributed by atoms with Crippen LogP contribution >= 0.6 is 11.3 Å². The Kier molecular flexibility index (Phi) is 14.2. The highest BCUT2D eigenvalue weighted by Crippen LogP contribution is 2.43. The summed E-state index contributed by atoms with van der Waals surface area (Å²) in [4.78, 5) is 46.8. The van der Waals surface area contributed by atoms with Crippen LogP contribution in [0.25, 0.3) is 33.2 Å². The zero-order chi connectivity index (χ0) is 46.4. The van der Waals surface area contributed by atoms with Gasteiger partial charge < -0.3 is 20.5 Å². The van der Waals surface area contributed by atoms with Crippen molar-refractivity contribution in [3.63, 3.8) is 0 Å². The molecule has 9 rings (SSSR count). The van der Waals surface area contributed by atoms with E-state index in [4.69, 9.17) is 20.0 Å². The first kappa shape index (κ1) is 46.4. The first-order valence-electron chi connectivity index (χ1n) is 22.4. The number of anilines is 1. The zero-order valence-corrected chi connectivity index (χ0v) is 39.0. The maximum absolute atomic E-state index is 14.6. The van der Waals surface area contributed by atoms with Gasteiger partial charge in [-0.2, -0.15) is 5.06 Å². The van der Waals surface area contributed by atoms with Crippen molar-refractivity contribution >= 4 is 56.4 Å². The number of hydroxylamine groups is 1. The SMILES string of the molecule is CC(C)(C)OC(=O)NC(C(=O)N(OC1CCCCO1)c1cccc(-c2ccc(C3=Cc4ccc5c(c4CC3)CCc3ccccc3-5)s2)c1)c1ccccc1.NC(=O)CC1C=CC=CS1(=O)=O. The molecule has 3 heterocycles. The van der Waals surface area contributed by atoms with Gasteiger partial charge in [0.2, 0.25) is 5.91 Å². The predicted octanol–water partition coefficient (Wildman–Crippen LogP) is 10.5. The lowest BCUT2D eigenvalue weighted by Gasteiger charge is -2.32. The molecule has 3 N–H and O–H groups in total. The molecule has 13 heteroatoms. The van der Waals surface area contributed by atoms with E-state index >= 15 is 0 Å². The number of allylic oxidation sites excluding steroid dienone is 3. The van der Waals surface area contributed by atoms with Gasteiger partial charge in [0.15, 0.2) is 16.1 Å². The van der Waals surface area contributed by atoms with E-state index < -0.39 is 50.9 Å². The number of nitrogens with one attached hydrogen (secondary N) is 1. The number of aryl methyl sites for hydroxylation is 1. The summed E-state index contributed by atoms with van der Waals surface area (Å²) >= 11 is 1.76. The number of primary amides is 1. The number of carbonyl (C=O) groups excluding carboxylic acids is 3. The lowest BCUT2D eigenvalue weighted by atomic mass is 9.78. The molecule has 0 bridgehead atoms. The Morgan fingerprint density at radius 1 is 0.848 bits per heavy atom. The van der Waals surface area contributed by atoms with Crippen molar-refractivity contribution in [2.45, 2.75) is 95.3 Å². The van der Waals surface area contributed by atoms with Crippen LogP contribution in [0.15, 0.2) is 127 Å². The Hall–Kier alpha value is -6.12. The van der Waals surface area contributed by atoms with Crippen molar-refractivity contribution in [3.8, 4) is 21.6 Å². The lowest BCUT2D eigenvalue weighted by Crippen LogP contribution is -2.46. The van der Waals surface area contributed by atoms with Gasteiger partial charge in [-0.25, -0.2) is 18.0 Å². The molecule has 0 saturated carbocycles. The molecule has 1 aromatic heterocycles. The van der Waals surface area contributed by atoms with E-state index in [1.165, 1.54) is 61.0 Å². The average molecular weight is 926 g/mol. The molecule has 1 fully saturated rings. The number of thiophene rings is 1. The topological polar surface area (TPSA) is 154 Å². The quantitative estimate of drug-likeness (QED) is 0.131. The highest BCUT2D eigenvalue weighted by atomic mass is 32.2. The fourth-order valence-electron chi connectivity index (χ4n) is 8.67. The zero-order valence-electron chi connectivity index (χ0n) is 37.4. The van der Waals surface area contributed by atoms with Gasteiger partial charge in [0.25, 0.3) is 5.91 Å². The summed E-state index contributed by atoms with van der Waals surface area (Å²) in [5.74, 6) is -1.06. The molecule has 0 spiro atoms. The summed E-state index contributed by atoms with van der Waals surface area (Å²) in [5.41, 5.74) is 16.2. The van der Waals surface area contributed by atoms with Gasteiger partial charge in [-0.1, -0.05) is 103 Å². The van der Waals surface area contributed by atoms with E-state index in [2.05, 4.69) is 66.0 Å². The molecule has 342 valence electrons. The minimum Gasteiger partial charge on any atom is -0.444 e. The molecule has 2 aliphatic carbocycles. The molecule has 5 aromatic rings. The number of hydrogen-bond acceptors (Lipinski definition) is 9. The minimum absolute atomic E-state index is 0.150. The molecule has 11 nitrogen and oxygen atoms in total. The van der Waals surface area contributed by atoms with Gasteiger partial charge in [0, 0.05) is 34.6 Å². The normalized spacial score (nSPS) is 18.5. The predicted molar refractivity (Wildman–Crippen MR) is 261 cm³/mol. The molecule has 3 amide bonds. The standard InChI is InChI=1S/C46H46N2O5S.C7H9NO3S/c1-46(2,3)52-45(50)47-43(31-13-5-4-6-14-31)44(49)48(53-42-18-9-10-27-51-42)35-16-11-15-33(29-35)40-25-26-41(54-40)34-21-22-37-32(28-34)20-24-38-36-17-8-7-12-30(36)19-23-39(37)38;8-7(9)5-6-3-1-2-4-12(6,10)11/h4-8,11-17,20,24-26,28-29,42-43H,9-10,18-19,21-23,27H2,1-3H3,(H,47,50);1-4,6H,5H2,(H2,8,9). The van der Waals surface area contributed by atoms with Crippen LogP contribution < -0.4 is 16.1 Å². The molecule has 0 radical (unpaired) electrons. The van der Waals surface area contributed by atoms with Crippen LogP contribution in [0.4, 0.5) is 10.5 Å². The van der Waals surface area contributed by atoms with Crippen molar-refractivity contribution in [1.29, 1.82) is 0 Å². The number of amides is 3. The Labute approximate surface area is 390 Å². The number of alkyl carbamates (subject to hydrolysis) is 1. The van der Waals surface area contributed by atoms with Gasteiger partial charge in [-0.05, 0) is 134 Å². The second kappa shape index (κ2) is 20.2. The summed E-state index contributed by atoms with van der Waals surface area (Å²) in [6, 6.07) is 33.7. The molecule has 3 atom stereocenters. The minimum atomic E-state index is -3.29. The lowest BCUT2D eigenvalue weighted by molar-refractivity contribution is -0.178. The molecule has 4 aromatic carbocycles. The Balaban J connectivity index is 0.000000430. The van der Waals surface area contributed by atoms with E-state index in [0.29, 0.717) is 24.3 Å². The number of rotatable bonds is 10. The fraction of sp³-hybridized carbons (Fsp3) is 0.302. The summed E-state index contributed by atoms with van der Waals surface area (Å²) in [6.07, 6.45) is 12.2. The van der Waals surface area contributed by atoms with Gasteiger partial charge in [0.1, 0.15) is 11.6 Å². The first-order valence-corrected chi connectivity index (χ1v) is 24.8. The van der Waals surface area contributed by atoms with E-state index in [-0.39, 0.29) is 6.42 Å². The van der Waals surface area contributed by atoms with Crippen molar-refractivity contribution in [3.05, 3.63) is 159 Å². The van der Waals surface area contributed by atoms with Crippen LogP contribution in [-0.4, -0.2) is 50.1 Å². The molecule has 3 unspecified atom stereocenters. The van der Waals surface area contributed by atoms with Crippen LogP contribution in [0.1, 0.15) is 91.6 Å². The largest absolute Gasteiger partial charge is 0.444 e. The van der Waals surface area contributed by atoms with Crippen LogP contribution in [0.2, 0.25) is 0 Å². The Morgan fingerprint density at radius 2 is 1.62 bits per heavy atom. The summed E-state index contributed by atoms with van der Waals surface area (Å²) in [5, 5.41) is 4.41. The highest BCUT2D eigenvalue weighted by molar-refractivity contribution is 7.95. The number of carbonyl (C=O) groups is 3. The summed E-state index contributed by atoms with van der Waals surface area (Å²) in [6.45, 7) is 5.93. The number of nitrogens with zero attached hydrogens (tertiary/aromatic N) is 1. The van der Waals surface area contributed by atoms with E-state index in [9.17, 15) is 22.8 Å². The number of fused-ring (bicyclic) bond motifs is 5. The number of ether oxygens (including phenoxy) is 2. The third-order valence-corrected chi connectivity index (χ3v) is 14.7. The number of sulfone groups is 1. The van der Waals surface area contributed by atoms with Crippen LogP contribution in [-0.2, 0) is 53.0 Å². The second-order valence-corrected chi connectivity index (χ2v) is 20.9. The monoisotopic (exact) mass is 925 g/mol. The number of nitrogens with two attached hydrogens (primary N) is 1. The molecule has 4 aliphatic rings. The highest BCUT2D eigenvalue weighted by Gasteiger charge is 2.34. The fourth-order valence-corrected chi connectivity index (χ4v) is 10.9. The third kappa shape index (κ3) is 11.1. The molecular weight excluding hydrogens is 871 g/mol. The van der Waals surface area contributed by atoms with Gasteiger partial charge >= 0.3 is 6.09 Å². The van der Waals surface area contributed by atoms with E-state index in [1.54, 1.807) is 38.2 Å². The smallest absolute Gasteiger partial charge is 0.408 e. The molecule has 66 heavy (non-hydrogen) atoms. The number of benzene rings is 4. The van der Waals surface area contributed by atoms with Crippen molar-refractivity contribution < 1.29 is 37.1 Å². The average Bonchev–Trinajstić information content (AvgIpc) is 3.81. The van der Waals surface area contributed by atoms with Crippen molar-refractivity contribution in [2.24, 2.45) is 5.73 Å². The summed E-state index contributed by atoms with van der Waals surface area (Å²) in [7, 11) is -3.29. The maximum Gasteiger partial charge on any atom is 0.408 e. The molecular formula is C53H55N3O8S2. The Morgan fingerprint density at radius 3 is 2.38 bits per heavy atom. The second-order valence-electron chi connectivity index (χ2n) is 17.7. The summed E-state index contributed by atoms with van der Waals surface area (Å²) < 4.78 is 33.9. The van der Waals surface area contributed by atoms with Crippen molar-refractivity contribution in [2.75, 3.05) is 11.7 Å². The van der Waals surface area contributed by atoms with Crippen molar-refractivity contribution in [1.82, 2.24) is 5.32 Å². The number of hydrogen-bond donors (Lipinski definition) is 2. The molecule has 2 aliphatic heterocycles.